The van der Waals surface area contributed by atoms with Crippen LogP contribution in [0.5, 0.6) is 0 Å². The van der Waals surface area contributed by atoms with Crippen molar-refractivity contribution in [3.05, 3.63) is 63.5 Å². The van der Waals surface area contributed by atoms with Crippen molar-refractivity contribution in [2.75, 3.05) is 5.32 Å². The number of hydrogen-bond donors (Lipinski definition) is 1. The predicted octanol–water partition coefficient (Wildman–Crippen LogP) is 5.69. The van der Waals surface area contributed by atoms with Crippen LogP contribution < -0.4 is 5.32 Å². The van der Waals surface area contributed by atoms with E-state index in [1.54, 1.807) is 10.7 Å². The normalized spacial score (nSPS) is 10.8. The molecule has 1 N–H and O–H groups in total. The lowest BCUT2D eigenvalue weighted by atomic mass is 10.1. The topological polar surface area (TPSA) is 29.9 Å². The third kappa shape index (κ3) is 3.12. The van der Waals surface area contributed by atoms with Crippen molar-refractivity contribution in [2.24, 2.45) is 7.05 Å². The second-order valence-electron chi connectivity index (χ2n) is 5.16. The molecule has 3 aromatic rings. The molecule has 6 heteroatoms. The first kappa shape index (κ1) is 16.0. The van der Waals surface area contributed by atoms with Crippen molar-refractivity contribution in [2.45, 2.75) is 6.92 Å². The van der Waals surface area contributed by atoms with Crippen molar-refractivity contribution in [1.29, 1.82) is 0 Å². The second-order valence-corrected chi connectivity index (χ2v) is 6.42. The van der Waals surface area contributed by atoms with Crippen LogP contribution in [-0.4, -0.2) is 9.78 Å². The van der Waals surface area contributed by atoms with Gasteiger partial charge >= 0.3 is 0 Å². The molecule has 3 rings (SSSR count). The highest BCUT2D eigenvalue weighted by atomic mass is 79.9. The zero-order valence-electron chi connectivity index (χ0n) is 12.6. The van der Waals surface area contributed by atoms with E-state index in [4.69, 9.17) is 11.6 Å². The summed E-state index contributed by atoms with van der Waals surface area (Å²) in [6, 6.07) is 12.2. The van der Waals surface area contributed by atoms with Crippen LogP contribution in [0.25, 0.3) is 11.1 Å². The van der Waals surface area contributed by atoms with E-state index in [0.717, 1.165) is 32.8 Å². The van der Waals surface area contributed by atoms with Gasteiger partial charge in [-0.3, -0.25) is 4.68 Å². The highest BCUT2D eigenvalue weighted by molar-refractivity contribution is 9.10. The van der Waals surface area contributed by atoms with Crippen LogP contribution >= 0.6 is 27.5 Å². The molecule has 118 valence electrons. The number of halogens is 3. The van der Waals surface area contributed by atoms with E-state index in [2.05, 4.69) is 26.3 Å². The van der Waals surface area contributed by atoms with Gasteiger partial charge < -0.3 is 5.32 Å². The molecule has 0 aliphatic carbocycles. The summed E-state index contributed by atoms with van der Waals surface area (Å²) in [6.45, 7) is 1.90. The van der Waals surface area contributed by atoms with E-state index in [0.29, 0.717) is 5.02 Å². The Morgan fingerprint density at radius 1 is 1.22 bits per heavy atom. The van der Waals surface area contributed by atoms with Gasteiger partial charge in [0.25, 0.3) is 0 Å². The van der Waals surface area contributed by atoms with Crippen LogP contribution in [0, 0.1) is 12.7 Å². The second kappa shape index (κ2) is 6.34. The first-order valence-corrected chi connectivity index (χ1v) is 8.15. The summed E-state index contributed by atoms with van der Waals surface area (Å²) < 4.78 is 16.0. The Bertz CT molecular complexity index is 876. The Morgan fingerprint density at radius 2 is 1.96 bits per heavy atom. The number of hydrogen-bond acceptors (Lipinski definition) is 2. The van der Waals surface area contributed by atoms with Crippen molar-refractivity contribution in [3.63, 3.8) is 0 Å². The number of para-hydroxylation sites is 1. The van der Waals surface area contributed by atoms with Gasteiger partial charge in [-0.1, -0.05) is 23.7 Å². The van der Waals surface area contributed by atoms with E-state index >= 15 is 0 Å². The number of nitrogens with one attached hydrogen (secondary N) is 1. The standard InChI is InChI=1S/C17H14BrClFN3/c1-10-16(12-8-7-11(20)9-14(12)19)17(23(2)22-10)21-15-6-4-3-5-13(15)18/h3-9,21H,1-2H3. The van der Waals surface area contributed by atoms with E-state index in [9.17, 15) is 4.39 Å². The number of anilines is 2. The Balaban J connectivity index is 2.13. The highest BCUT2D eigenvalue weighted by Crippen LogP contribution is 2.38. The number of benzene rings is 2. The molecule has 23 heavy (non-hydrogen) atoms. The molecule has 0 bridgehead atoms. The number of rotatable bonds is 3. The number of aromatic nitrogens is 2. The average molecular weight is 395 g/mol. The van der Waals surface area contributed by atoms with Gasteiger partial charge in [-0.05, 0) is 53.2 Å². The van der Waals surface area contributed by atoms with Crippen molar-refractivity contribution in [3.8, 4) is 11.1 Å². The minimum Gasteiger partial charge on any atom is -0.339 e. The molecule has 0 aliphatic heterocycles. The summed E-state index contributed by atoms with van der Waals surface area (Å²) in [4.78, 5) is 0. The summed E-state index contributed by atoms with van der Waals surface area (Å²) in [5.41, 5.74) is 3.33. The van der Waals surface area contributed by atoms with Gasteiger partial charge in [0.05, 0.1) is 16.4 Å². The first-order valence-electron chi connectivity index (χ1n) is 6.98. The highest BCUT2D eigenvalue weighted by Gasteiger charge is 2.18. The molecule has 0 unspecified atom stereocenters. The molecule has 3 nitrogen and oxygen atoms in total. The molecule has 2 aromatic carbocycles. The van der Waals surface area contributed by atoms with Gasteiger partial charge in [0.1, 0.15) is 11.6 Å². The maximum atomic E-state index is 13.3. The lowest BCUT2D eigenvalue weighted by Crippen LogP contribution is -2.01. The fraction of sp³-hybridized carbons (Fsp3) is 0.118. The SMILES string of the molecule is Cc1nn(C)c(Nc2ccccc2Br)c1-c1ccc(F)cc1Cl. The molecule has 0 aliphatic rings. The van der Waals surface area contributed by atoms with Gasteiger partial charge in [-0.25, -0.2) is 4.39 Å². The number of nitrogens with zero attached hydrogens (tertiary/aromatic N) is 2. The van der Waals surface area contributed by atoms with Crippen LogP contribution in [0.1, 0.15) is 5.69 Å². The quantitative estimate of drug-likeness (QED) is 0.618. The summed E-state index contributed by atoms with van der Waals surface area (Å²) in [7, 11) is 1.85. The maximum absolute atomic E-state index is 13.3. The predicted molar refractivity (Wildman–Crippen MR) is 95.8 cm³/mol. The van der Waals surface area contributed by atoms with E-state index in [1.165, 1.54) is 12.1 Å². The van der Waals surface area contributed by atoms with Gasteiger partial charge in [0.2, 0.25) is 0 Å². The van der Waals surface area contributed by atoms with Gasteiger partial charge in [-0.15, -0.1) is 0 Å². The molecule has 0 fully saturated rings. The minimum absolute atomic E-state index is 0.358. The van der Waals surface area contributed by atoms with Crippen molar-refractivity contribution >= 4 is 39.0 Å². The molecule has 0 radical (unpaired) electrons. The molecular weight excluding hydrogens is 381 g/mol. The molecule has 1 heterocycles. The molecule has 0 saturated carbocycles. The zero-order valence-corrected chi connectivity index (χ0v) is 14.9. The summed E-state index contributed by atoms with van der Waals surface area (Å²) in [6.07, 6.45) is 0. The van der Waals surface area contributed by atoms with Crippen molar-refractivity contribution in [1.82, 2.24) is 9.78 Å². The van der Waals surface area contributed by atoms with Crippen LogP contribution in [-0.2, 0) is 7.05 Å². The monoisotopic (exact) mass is 393 g/mol. The van der Waals surface area contributed by atoms with Crippen LogP contribution in [0.3, 0.4) is 0 Å². The molecular formula is C17H14BrClFN3. The Labute approximate surface area is 147 Å². The molecule has 0 saturated heterocycles. The zero-order chi connectivity index (χ0) is 16.6. The molecule has 0 spiro atoms. The first-order chi connectivity index (χ1) is 11.0. The van der Waals surface area contributed by atoms with Crippen molar-refractivity contribution < 1.29 is 4.39 Å². The van der Waals surface area contributed by atoms with E-state index < -0.39 is 0 Å². The van der Waals surface area contributed by atoms with Gasteiger partial charge in [0.15, 0.2) is 0 Å². The molecule has 1 aromatic heterocycles. The Hall–Kier alpha value is -1.85. The summed E-state index contributed by atoms with van der Waals surface area (Å²) in [5, 5.41) is 8.19. The number of aryl methyl sites for hydroxylation is 2. The Kier molecular flexibility index (Phi) is 4.41. The van der Waals surface area contributed by atoms with Crippen LogP contribution in [0.4, 0.5) is 15.9 Å². The fourth-order valence-corrected chi connectivity index (χ4v) is 3.15. The lowest BCUT2D eigenvalue weighted by molar-refractivity contribution is 0.628. The molecule has 0 atom stereocenters. The van der Waals surface area contributed by atoms with E-state index in [-0.39, 0.29) is 5.82 Å². The largest absolute Gasteiger partial charge is 0.339 e. The minimum atomic E-state index is -0.361. The smallest absolute Gasteiger partial charge is 0.136 e. The Morgan fingerprint density at radius 3 is 2.65 bits per heavy atom. The van der Waals surface area contributed by atoms with Crippen LogP contribution in [0.15, 0.2) is 46.9 Å². The third-order valence-electron chi connectivity index (χ3n) is 3.55. The molecule has 0 amide bonds. The van der Waals surface area contributed by atoms with Crippen LogP contribution in [0.2, 0.25) is 5.02 Å². The summed E-state index contributed by atoms with van der Waals surface area (Å²) in [5.74, 6) is 0.434. The fourth-order valence-electron chi connectivity index (χ4n) is 2.51. The van der Waals surface area contributed by atoms with Gasteiger partial charge in [0, 0.05) is 22.6 Å². The summed E-state index contributed by atoms with van der Waals surface area (Å²) >= 11 is 9.76. The average Bonchev–Trinajstić information content (AvgIpc) is 2.76. The van der Waals surface area contributed by atoms with E-state index in [1.807, 2.05) is 38.2 Å². The third-order valence-corrected chi connectivity index (χ3v) is 4.55. The maximum Gasteiger partial charge on any atom is 0.136 e. The lowest BCUT2D eigenvalue weighted by Gasteiger charge is -2.12. The van der Waals surface area contributed by atoms with Gasteiger partial charge in [-0.2, -0.15) is 5.10 Å².